The number of rotatable bonds is 5. The predicted octanol–water partition coefficient (Wildman–Crippen LogP) is 4.23. The third kappa shape index (κ3) is 2.70. The van der Waals surface area contributed by atoms with E-state index in [0.717, 1.165) is 17.4 Å². The van der Waals surface area contributed by atoms with Crippen molar-refractivity contribution < 1.29 is 0 Å². The predicted molar refractivity (Wildman–Crippen MR) is 76.2 cm³/mol. The van der Waals surface area contributed by atoms with Crippen LogP contribution in [0.2, 0.25) is 0 Å². The summed E-state index contributed by atoms with van der Waals surface area (Å²) < 4.78 is 3.17. The number of hydrogen-bond donors (Lipinski definition) is 0. The fourth-order valence-corrected chi connectivity index (χ4v) is 3.43. The average Bonchev–Trinajstić information content (AvgIpc) is 2.52. The van der Waals surface area contributed by atoms with Gasteiger partial charge in [0.2, 0.25) is 0 Å². The van der Waals surface area contributed by atoms with E-state index >= 15 is 0 Å². The van der Waals surface area contributed by atoms with E-state index in [1.807, 2.05) is 18.7 Å². The molecular weight excluding hydrogens is 332 g/mol. The minimum Gasteiger partial charge on any atom is -0.271 e. The van der Waals surface area contributed by atoms with Gasteiger partial charge in [-0.3, -0.25) is 4.68 Å². The minimum atomic E-state index is 0.350. The molecular formula is C12H20Br2N2. The fraction of sp³-hybridized carbons (Fsp3) is 0.750. The Labute approximate surface area is 115 Å². The Morgan fingerprint density at radius 1 is 1.31 bits per heavy atom. The lowest BCUT2D eigenvalue weighted by Gasteiger charge is -2.29. The van der Waals surface area contributed by atoms with Crippen LogP contribution in [-0.4, -0.2) is 15.1 Å². The molecule has 0 radical (unpaired) electrons. The summed E-state index contributed by atoms with van der Waals surface area (Å²) in [7, 11) is 2.03. The molecule has 0 aliphatic rings. The van der Waals surface area contributed by atoms with Crippen molar-refractivity contribution in [2.24, 2.45) is 12.5 Å². The van der Waals surface area contributed by atoms with Crippen LogP contribution in [0.3, 0.4) is 0 Å². The summed E-state index contributed by atoms with van der Waals surface area (Å²) >= 11 is 7.30. The van der Waals surface area contributed by atoms with Gasteiger partial charge < -0.3 is 0 Å². The van der Waals surface area contributed by atoms with E-state index in [4.69, 9.17) is 0 Å². The van der Waals surface area contributed by atoms with Crippen LogP contribution < -0.4 is 0 Å². The van der Waals surface area contributed by atoms with Gasteiger partial charge in [0.15, 0.2) is 0 Å². The second-order valence-corrected chi connectivity index (χ2v) is 5.84. The first-order valence-corrected chi connectivity index (χ1v) is 7.65. The first-order valence-electron chi connectivity index (χ1n) is 5.73. The molecule has 0 bridgehead atoms. The van der Waals surface area contributed by atoms with Gasteiger partial charge in [-0.25, -0.2) is 0 Å². The van der Waals surface area contributed by atoms with Gasteiger partial charge in [-0.15, -0.1) is 0 Å². The maximum atomic E-state index is 4.45. The highest BCUT2D eigenvalue weighted by Gasteiger charge is 2.28. The molecule has 4 heteroatoms. The molecule has 1 aromatic heterocycles. The number of aryl methyl sites for hydroxylation is 2. The first kappa shape index (κ1) is 14.2. The second kappa shape index (κ2) is 5.67. The van der Waals surface area contributed by atoms with E-state index in [9.17, 15) is 0 Å². The molecule has 16 heavy (non-hydrogen) atoms. The standard InChI is InChI=1S/C12H20Br2N2/c1-5-12(6-2,8-13)7-10-11(14)9(3)15-16(10)4/h5-8H2,1-4H3. The Balaban J connectivity index is 3.02. The lowest BCUT2D eigenvalue weighted by atomic mass is 9.80. The number of aromatic nitrogens is 2. The zero-order valence-corrected chi connectivity index (χ0v) is 13.7. The van der Waals surface area contributed by atoms with E-state index in [1.165, 1.54) is 23.0 Å². The van der Waals surface area contributed by atoms with E-state index in [1.54, 1.807) is 0 Å². The Bertz CT molecular complexity index is 346. The topological polar surface area (TPSA) is 17.8 Å². The number of alkyl halides is 1. The minimum absolute atomic E-state index is 0.350. The molecule has 0 saturated heterocycles. The maximum absolute atomic E-state index is 4.45. The van der Waals surface area contributed by atoms with Crippen molar-refractivity contribution in [1.82, 2.24) is 9.78 Å². The molecule has 0 aliphatic carbocycles. The van der Waals surface area contributed by atoms with Crippen LogP contribution in [0, 0.1) is 12.3 Å². The van der Waals surface area contributed by atoms with Crippen LogP contribution in [0.25, 0.3) is 0 Å². The summed E-state index contributed by atoms with van der Waals surface area (Å²) in [4.78, 5) is 0. The van der Waals surface area contributed by atoms with Gasteiger partial charge in [0.25, 0.3) is 0 Å². The zero-order chi connectivity index (χ0) is 12.3. The highest BCUT2D eigenvalue weighted by atomic mass is 79.9. The molecule has 1 heterocycles. The Morgan fingerprint density at radius 2 is 1.88 bits per heavy atom. The monoisotopic (exact) mass is 350 g/mol. The van der Waals surface area contributed by atoms with Crippen molar-refractivity contribution in [2.75, 3.05) is 5.33 Å². The third-order valence-electron chi connectivity index (χ3n) is 3.59. The van der Waals surface area contributed by atoms with Crippen LogP contribution >= 0.6 is 31.9 Å². The van der Waals surface area contributed by atoms with Crippen molar-refractivity contribution in [2.45, 2.75) is 40.0 Å². The second-order valence-electron chi connectivity index (χ2n) is 4.49. The third-order valence-corrected chi connectivity index (χ3v) is 5.81. The molecule has 0 atom stereocenters. The molecule has 0 N–H and O–H groups in total. The Morgan fingerprint density at radius 3 is 2.19 bits per heavy atom. The summed E-state index contributed by atoms with van der Waals surface area (Å²) in [5, 5.41) is 5.50. The highest BCUT2D eigenvalue weighted by Crippen LogP contribution is 2.35. The molecule has 1 rings (SSSR count). The SMILES string of the molecule is CCC(CC)(CBr)Cc1c(Br)c(C)nn1C. The summed E-state index contributed by atoms with van der Waals surface area (Å²) in [6.07, 6.45) is 3.44. The largest absolute Gasteiger partial charge is 0.271 e. The fourth-order valence-electron chi connectivity index (χ4n) is 1.96. The summed E-state index contributed by atoms with van der Waals surface area (Å²) in [6, 6.07) is 0. The van der Waals surface area contributed by atoms with Gasteiger partial charge in [0.05, 0.1) is 15.9 Å². The van der Waals surface area contributed by atoms with Crippen LogP contribution in [-0.2, 0) is 13.5 Å². The zero-order valence-electron chi connectivity index (χ0n) is 10.5. The van der Waals surface area contributed by atoms with Crippen molar-refractivity contribution >= 4 is 31.9 Å². The van der Waals surface area contributed by atoms with Gasteiger partial charge in [0, 0.05) is 12.4 Å². The van der Waals surface area contributed by atoms with Gasteiger partial charge in [-0.05, 0) is 47.5 Å². The van der Waals surface area contributed by atoms with Crippen LogP contribution in [0.1, 0.15) is 38.1 Å². The van der Waals surface area contributed by atoms with Crippen LogP contribution in [0.15, 0.2) is 4.47 Å². The molecule has 2 nitrogen and oxygen atoms in total. The lowest BCUT2D eigenvalue weighted by molar-refractivity contribution is 0.299. The summed E-state index contributed by atoms with van der Waals surface area (Å²) in [6.45, 7) is 6.57. The molecule has 92 valence electrons. The summed E-state index contributed by atoms with van der Waals surface area (Å²) in [5.74, 6) is 0. The van der Waals surface area contributed by atoms with E-state index < -0.39 is 0 Å². The molecule has 0 aliphatic heterocycles. The van der Waals surface area contributed by atoms with Crippen LogP contribution in [0.5, 0.6) is 0 Å². The van der Waals surface area contributed by atoms with Crippen molar-refractivity contribution in [3.63, 3.8) is 0 Å². The van der Waals surface area contributed by atoms with Gasteiger partial charge in [0.1, 0.15) is 0 Å². The lowest BCUT2D eigenvalue weighted by Crippen LogP contribution is -2.25. The highest BCUT2D eigenvalue weighted by molar-refractivity contribution is 9.10. The van der Waals surface area contributed by atoms with Gasteiger partial charge in [-0.2, -0.15) is 5.10 Å². The van der Waals surface area contributed by atoms with Crippen LogP contribution in [0.4, 0.5) is 0 Å². The van der Waals surface area contributed by atoms with E-state index in [2.05, 4.69) is 50.8 Å². The molecule has 1 aromatic rings. The van der Waals surface area contributed by atoms with Gasteiger partial charge >= 0.3 is 0 Å². The number of halogens is 2. The van der Waals surface area contributed by atoms with Crippen molar-refractivity contribution in [3.05, 3.63) is 15.9 Å². The first-order chi connectivity index (χ1) is 7.49. The van der Waals surface area contributed by atoms with E-state index in [0.29, 0.717) is 5.41 Å². The molecule has 0 unspecified atom stereocenters. The molecule has 0 amide bonds. The van der Waals surface area contributed by atoms with Gasteiger partial charge in [-0.1, -0.05) is 29.8 Å². The Kier molecular flexibility index (Phi) is 5.05. The Hall–Kier alpha value is 0.170. The van der Waals surface area contributed by atoms with Crippen molar-refractivity contribution in [3.8, 4) is 0 Å². The average molecular weight is 352 g/mol. The van der Waals surface area contributed by atoms with E-state index in [-0.39, 0.29) is 0 Å². The number of nitrogens with zero attached hydrogens (tertiary/aromatic N) is 2. The maximum Gasteiger partial charge on any atom is 0.0738 e. The van der Waals surface area contributed by atoms with Crippen molar-refractivity contribution in [1.29, 1.82) is 0 Å². The molecule has 0 aromatic carbocycles. The molecule has 0 fully saturated rings. The molecule has 0 spiro atoms. The smallest absolute Gasteiger partial charge is 0.0738 e. The summed E-state index contributed by atoms with van der Waals surface area (Å²) in [5.41, 5.74) is 2.73. The molecule has 0 saturated carbocycles. The normalized spacial score (nSPS) is 12.1. The quantitative estimate of drug-likeness (QED) is 0.725. The number of hydrogen-bond acceptors (Lipinski definition) is 1.